The smallest absolute Gasteiger partial charge is 0.317 e. The summed E-state index contributed by atoms with van der Waals surface area (Å²) in [6.07, 6.45) is 1.73. The van der Waals surface area contributed by atoms with Crippen LogP contribution >= 0.6 is 0 Å². The molecule has 0 fully saturated rings. The lowest BCUT2D eigenvalue weighted by Crippen LogP contribution is -2.10. The van der Waals surface area contributed by atoms with Crippen LogP contribution in [0.15, 0.2) is 12.3 Å². The molecule has 1 aromatic rings. The van der Waals surface area contributed by atoms with Gasteiger partial charge < -0.3 is 10.8 Å². The van der Waals surface area contributed by atoms with Crippen LogP contribution in [0.25, 0.3) is 0 Å². The van der Waals surface area contributed by atoms with Crippen LogP contribution in [0.1, 0.15) is 5.69 Å². The van der Waals surface area contributed by atoms with Crippen LogP contribution in [-0.4, -0.2) is 27.8 Å². The molecule has 0 saturated heterocycles. The van der Waals surface area contributed by atoms with E-state index in [1.165, 1.54) is 0 Å². The summed E-state index contributed by atoms with van der Waals surface area (Å²) < 4.78 is 0. The van der Waals surface area contributed by atoms with Crippen LogP contribution < -0.4 is 5.73 Å². The van der Waals surface area contributed by atoms with E-state index in [0.717, 1.165) is 5.69 Å². The molecule has 0 atom stereocenters. The summed E-state index contributed by atoms with van der Waals surface area (Å²) in [6, 6.07) is 1.92. The number of nitrogens with two attached hydrogens (primary N) is 1. The zero-order valence-electron chi connectivity index (χ0n) is 6.24. The van der Waals surface area contributed by atoms with Gasteiger partial charge in [-0.1, -0.05) is 0 Å². The van der Waals surface area contributed by atoms with E-state index in [-0.39, 0.29) is 6.54 Å². The third-order valence-corrected chi connectivity index (χ3v) is 0.815. The second-order valence-electron chi connectivity index (χ2n) is 1.84. The summed E-state index contributed by atoms with van der Waals surface area (Å²) in [4.78, 5) is 9.24. The first-order valence-corrected chi connectivity index (χ1v) is 3.04. The highest BCUT2D eigenvalue weighted by molar-refractivity contribution is 5.68. The molecule has 0 bridgehead atoms. The molecular weight excluding hydrogens is 146 g/mol. The molecule has 0 unspecified atom stereocenters. The average Bonchev–Trinajstić information content (AvgIpc) is 2.41. The minimum atomic E-state index is -0.968. The summed E-state index contributed by atoms with van der Waals surface area (Å²) >= 11 is 0. The first kappa shape index (κ1) is 9.64. The molecule has 0 aliphatic heterocycles. The van der Waals surface area contributed by atoms with E-state index >= 15 is 0 Å². The SMILES string of the molecule is Cc1ccn[nH]1.NCC(=O)O. The van der Waals surface area contributed by atoms with Gasteiger partial charge in [-0.25, -0.2) is 0 Å². The van der Waals surface area contributed by atoms with Gasteiger partial charge in [0.25, 0.3) is 0 Å². The van der Waals surface area contributed by atoms with E-state index < -0.39 is 5.97 Å². The fraction of sp³-hybridized carbons (Fsp3) is 0.333. The van der Waals surface area contributed by atoms with Crippen molar-refractivity contribution in [1.29, 1.82) is 0 Å². The number of hydrogen-bond donors (Lipinski definition) is 3. The van der Waals surface area contributed by atoms with E-state index in [1.807, 2.05) is 13.0 Å². The number of carboxylic acid groups (broad SMARTS) is 1. The van der Waals surface area contributed by atoms with Gasteiger partial charge in [0, 0.05) is 11.9 Å². The Morgan fingerprint density at radius 1 is 1.91 bits per heavy atom. The quantitative estimate of drug-likeness (QED) is 0.524. The Kier molecular flexibility index (Phi) is 4.76. The van der Waals surface area contributed by atoms with Gasteiger partial charge in [-0.2, -0.15) is 5.10 Å². The van der Waals surface area contributed by atoms with Gasteiger partial charge in [0.15, 0.2) is 0 Å². The monoisotopic (exact) mass is 157 g/mol. The van der Waals surface area contributed by atoms with Crippen molar-refractivity contribution in [2.75, 3.05) is 6.54 Å². The van der Waals surface area contributed by atoms with Gasteiger partial charge in [0.1, 0.15) is 0 Å². The molecule has 4 N–H and O–H groups in total. The van der Waals surface area contributed by atoms with Gasteiger partial charge >= 0.3 is 5.97 Å². The zero-order valence-corrected chi connectivity index (χ0v) is 6.24. The molecule has 62 valence electrons. The maximum absolute atomic E-state index is 9.24. The van der Waals surface area contributed by atoms with Gasteiger partial charge in [0.05, 0.1) is 6.54 Å². The molecule has 0 aliphatic carbocycles. The van der Waals surface area contributed by atoms with Crippen molar-refractivity contribution < 1.29 is 9.90 Å². The summed E-state index contributed by atoms with van der Waals surface area (Å²) in [6.45, 7) is 1.69. The Morgan fingerprint density at radius 3 is 2.55 bits per heavy atom. The molecule has 1 heterocycles. The number of carboxylic acids is 1. The Labute approximate surface area is 64.2 Å². The van der Waals surface area contributed by atoms with E-state index in [1.54, 1.807) is 6.20 Å². The largest absolute Gasteiger partial charge is 0.480 e. The number of H-pyrrole nitrogens is 1. The number of aromatic amines is 1. The Hall–Kier alpha value is -1.36. The van der Waals surface area contributed by atoms with Crippen molar-refractivity contribution in [2.24, 2.45) is 5.73 Å². The van der Waals surface area contributed by atoms with E-state index in [4.69, 9.17) is 5.11 Å². The number of nitrogens with zero attached hydrogens (tertiary/aromatic N) is 1. The van der Waals surface area contributed by atoms with E-state index in [9.17, 15) is 4.79 Å². The molecule has 0 aliphatic rings. The summed E-state index contributed by atoms with van der Waals surface area (Å²) in [5.74, 6) is -0.968. The highest BCUT2D eigenvalue weighted by atomic mass is 16.4. The van der Waals surface area contributed by atoms with Crippen molar-refractivity contribution in [1.82, 2.24) is 10.2 Å². The Balaban J connectivity index is 0.000000187. The fourth-order valence-electron chi connectivity index (χ4n) is 0.325. The van der Waals surface area contributed by atoms with Crippen molar-refractivity contribution in [2.45, 2.75) is 6.92 Å². The van der Waals surface area contributed by atoms with Gasteiger partial charge in [0.2, 0.25) is 0 Å². The minimum absolute atomic E-state index is 0.278. The lowest BCUT2D eigenvalue weighted by molar-refractivity contribution is -0.135. The predicted molar refractivity (Wildman–Crippen MR) is 40.0 cm³/mol. The second kappa shape index (κ2) is 5.43. The van der Waals surface area contributed by atoms with Crippen molar-refractivity contribution in [3.63, 3.8) is 0 Å². The van der Waals surface area contributed by atoms with E-state index in [0.29, 0.717) is 0 Å². The normalized spacial score (nSPS) is 8.18. The van der Waals surface area contributed by atoms with Crippen LogP contribution in [0.5, 0.6) is 0 Å². The molecule has 0 aromatic carbocycles. The summed E-state index contributed by atoms with van der Waals surface area (Å²) in [5.41, 5.74) is 5.68. The standard InChI is InChI=1S/C4H6N2.C2H5NO2/c1-4-2-3-5-6-4;3-1-2(4)5/h2-3H,1H3,(H,5,6);1,3H2,(H,4,5). The third-order valence-electron chi connectivity index (χ3n) is 0.815. The summed E-state index contributed by atoms with van der Waals surface area (Å²) in [7, 11) is 0. The van der Waals surface area contributed by atoms with Gasteiger partial charge in [-0.3, -0.25) is 9.89 Å². The van der Waals surface area contributed by atoms with Crippen LogP contribution in [-0.2, 0) is 4.79 Å². The van der Waals surface area contributed by atoms with Crippen molar-refractivity contribution in [3.8, 4) is 0 Å². The Morgan fingerprint density at radius 2 is 2.45 bits per heavy atom. The Bertz CT molecular complexity index is 196. The highest BCUT2D eigenvalue weighted by Crippen LogP contribution is 1.82. The fourth-order valence-corrected chi connectivity index (χ4v) is 0.325. The molecule has 0 spiro atoms. The number of rotatable bonds is 1. The van der Waals surface area contributed by atoms with Gasteiger partial charge in [-0.15, -0.1) is 0 Å². The summed E-state index contributed by atoms with van der Waals surface area (Å²) in [5, 5.41) is 14.0. The first-order chi connectivity index (χ1) is 5.16. The molecule has 1 rings (SSSR count). The van der Waals surface area contributed by atoms with Crippen LogP contribution in [0, 0.1) is 6.92 Å². The molecule has 0 saturated carbocycles. The first-order valence-electron chi connectivity index (χ1n) is 3.04. The number of aliphatic carboxylic acids is 1. The molecule has 5 nitrogen and oxygen atoms in total. The zero-order chi connectivity index (χ0) is 8.69. The number of aromatic nitrogens is 2. The van der Waals surface area contributed by atoms with Crippen LogP contribution in [0.3, 0.4) is 0 Å². The maximum atomic E-state index is 9.24. The average molecular weight is 157 g/mol. The number of carbonyl (C=O) groups is 1. The lowest BCUT2D eigenvalue weighted by atomic mass is 10.5. The molecule has 1 aromatic heterocycles. The molecular formula is C6H11N3O2. The number of nitrogens with one attached hydrogen (secondary N) is 1. The number of aryl methyl sites for hydroxylation is 1. The molecule has 0 radical (unpaired) electrons. The maximum Gasteiger partial charge on any atom is 0.317 e. The van der Waals surface area contributed by atoms with E-state index in [2.05, 4.69) is 15.9 Å². The van der Waals surface area contributed by atoms with Crippen LogP contribution in [0.4, 0.5) is 0 Å². The topological polar surface area (TPSA) is 92.0 Å². The van der Waals surface area contributed by atoms with Crippen LogP contribution in [0.2, 0.25) is 0 Å². The molecule has 11 heavy (non-hydrogen) atoms. The van der Waals surface area contributed by atoms with Crippen molar-refractivity contribution >= 4 is 5.97 Å². The number of hydrogen-bond acceptors (Lipinski definition) is 3. The van der Waals surface area contributed by atoms with Crippen molar-refractivity contribution in [3.05, 3.63) is 18.0 Å². The highest BCUT2D eigenvalue weighted by Gasteiger charge is 1.81. The molecule has 5 heteroatoms. The minimum Gasteiger partial charge on any atom is -0.480 e. The molecule has 0 amide bonds. The second-order valence-corrected chi connectivity index (χ2v) is 1.84. The predicted octanol–water partition coefficient (Wildman–Crippen LogP) is -0.252. The lowest BCUT2D eigenvalue weighted by Gasteiger charge is -1.73. The third kappa shape index (κ3) is 6.53. The van der Waals surface area contributed by atoms with Gasteiger partial charge in [-0.05, 0) is 13.0 Å².